The third-order valence-corrected chi connectivity index (χ3v) is 4.39. The average molecular weight is 359 g/mol. The fraction of sp³-hybridized carbons (Fsp3) is 0.188. The van der Waals surface area contributed by atoms with Crippen LogP contribution in [0, 0.1) is 0 Å². The van der Waals surface area contributed by atoms with Crippen LogP contribution in [0.2, 0.25) is 0 Å². The Morgan fingerprint density at radius 1 is 1.20 bits per heavy atom. The van der Waals surface area contributed by atoms with E-state index in [-0.39, 0.29) is 11.7 Å². The number of amides is 1. The van der Waals surface area contributed by atoms with Gasteiger partial charge in [-0.1, -0.05) is 17.3 Å². The molecule has 25 heavy (non-hydrogen) atoms. The van der Waals surface area contributed by atoms with Crippen LogP contribution in [0.1, 0.15) is 22.8 Å². The fourth-order valence-corrected chi connectivity index (χ4v) is 3.12. The van der Waals surface area contributed by atoms with Crippen LogP contribution in [0.4, 0.5) is 5.69 Å². The molecule has 0 fully saturated rings. The van der Waals surface area contributed by atoms with Gasteiger partial charge in [0.2, 0.25) is 10.0 Å². The second kappa shape index (κ2) is 6.61. The van der Waals surface area contributed by atoms with Crippen LogP contribution in [0.15, 0.2) is 42.5 Å². The number of nitrogens with zero attached hydrogens (tertiary/aromatic N) is 3. The number of anilines is 1. The molecule has 0 aliphatic carbocycles. The van der Waals surface area contributed by atoms with E-state index in [9.17, 15) is 13.2 Å². The molecule has 130 valence electrons. The van der Waals surface area contributed by atoms with Gasteiger partial charge in [-0.05, 0) is 42.8 Å². The van der Waals surface area contributed by atoms with E-state index in [2.05, 4.69) is 15.6 Å². The summed E-state index contributed by atoms with van der Waals surface area (Å²) in [6.07, 6.45) is 0. The predicted molar refractivity (Wildman–Crippen MR) is 94.4 cm³/mol. The number of rotatable bonds is 5. The summed E-state index contributed by atoms with van der Waals surface area (Å²) in [5.41, 5.74) is 3.09. The number of nitrogens with two attached hydrogens (primary N) is 1. The minimum Gasteiger partial charge on any atom is -0.322 e. The molecule has 9 heteroatoms. The van der Waals surface area contributed by atoms with Crippen molar-refractivity contribution in [2.24, 2.45) is 5.14 Å². The molecule has 1 amide bonds. The average Bonchev–Trinajstić information content (AvgIpc) is 2.97. The molecule has 3 aromatic rings. The van der Waals surface area contributed by atoms with E-state index >= 15 is 0 Å². The summed E-state index contributed by atoms with van der Waals surface area (Å²) in [6.45, 7) is 2.67. The van der Waals surface area contributed by atoms with E-state index < -0.39 is 10.0 Å². The van der Waals surface area contributed by atoms with Crippen molar-refractivity contribution in [3.05, 3.63) is 53.6 Å². The van der Waals surface area contributed by atoms with Crippen molar-refractivity contribution in [3.8, 4) is 0 Å². The van der Waals surface area contributed by atoms with Crippen molar-refractivity contribution in [1.82, 2.24) is 15.0 Å². The Bertz CT molecular complexity index is 1030. The first kappa shape index (κ1) is 17.1. The largest absolute Gasteiger partial charge is 0.322 e. The van der Waals surface area contributed by atoms with E-state index in [1.807, 2.05) is 13.0 Å². The molecule has 1 heterocycles. The normalized spacial score (nSPS) is 11.6. The second-order valence-electron chi connectivity index (χ2n) is 5.57. The van der Waals surface area contributed by atoms with Crippen LogP contribution in [-0.2, 0) is 22.3 Å². The van der Waals surface area contributed by atoms with Crippen molar-refractivity contribution in [3.63, 3.8) is 0 Å². The molecule has 0 radical (unpaired) electrons. The zero-order chi connectivity index (χ0) is 18.0. The Morgan fingerprint density at radius 3 is 2.56 bits per heavy atom. The van der Waals surface area contributed by atoms with Crippen LogP contribution in [-0.4, -0.2) is 29.3 Å². The highest BCUT2D eigenvalue weighted by Gasteiger charge is 2.11. The number of hydrogen-bond acceptors (Lipinski definition) is 5. The first-order valence-electron chi connectivity index (χ1n) is 7.60. The molecule has 0 aliphatic rings. The van der Waals surface area contributed by atoms with Crippen LogP contribution in [0.3, 0.4) is 0 Å². The molecular formula is C16H17N5O3S. The number of aryl methyl sites for hydroxylation is 1. The van der Waals surface area contributed by atoms with Crippen molar-refractivity contribution in [2.45, 2.75) is 19.2 Å². The van der Waals surface area contributed by atoms with Crippen molar-refractivity contribution in [1.29, 1.82) is 0 Å². The Hall–Kier alpha value is -2.78. The second-order valence-corrected chi connectivity index (χ2v) is 7.18. The number of aromatic nitrogens is 3. The zero-order valence-electron chi connectivity index (χ0n) is 13.5. The molecule has 0 saturated heterocycles. The number of primary sulfonamides is 1. The van der Waals surface area contributed by atoms with Crippen LogP contribution < -0.4 is 10.5 Å². The minimum absolute atomic E-state index is 0.245. The van der Waals surface area contributed by atoms with E-state index in [4.69, 9.17) is 5.14 Å². The van der Waals surface area contributed by atoms with E-state index in [1.165, 1.54) is 0 Å². The molecule has 2 aromatic carbocycles. The molecule has 1 aromatic heterocycles. The summed E-state index contributed by atoms with van der Waals surface area (Å²) < 4.78 is 23.9. The first-order valence-corrected chi connectivity index (χ1v) is 9.31. The maximum Gasteiger partial charge on any atom is 0.255 e. The molecule has 3 rings (SSSR count). The topological polar surface area (TPSA) is 120 Å². The maximum absolute atomic E-state index is 12.4. The lowest BCUT2D eigenvalue weighted by molar-refractivity contribution is 0.102. The summed E-state index contributed by atoms with van der Waals surface area (Å²) in [6, 6.07) is 11.7. The number of carbonyl (C=O) groups excluding carboxylic acids is 1. The van der Waals surface area contributed by atoms with Gasteiger partial charge in [-0.3, -0.25) is 4.79 Å². The van der Waals surface area contributed by atoms with Crippen LogP contribution >= 0.6 is 0 Å². The lowest BCUT2D eigenvalue weighted by atomic mass is 10.1. The van der Waals surface area contributed by atoms with Gasteiger partial charge in [0, 0.05) is 17.8 Å². The highest BCUT2D eigenvalue weighted by Crippen LogP contribution is 2.16. The van der Waals surface area contributed by atoms with Gasteiger partial charge in [0.1, 0.15) is 5.52 Å². The monoisotopic (exact) mass is 359 g/mol. The third kappa shape index (κ3) is 4.01. The van der Waals surface area contributed by atoms with Gasteiger partial charge < -0.3 is 5.32 Å². The lowest BCUT2D eigenvalue weighted by Crippen LogP contribution is -2.15. The van der Waals surface area contributed by atoms with E-state index in [0.29, 0.717) is 28.9 Å². The molecule has 0 spiro atoms. The Labute approximate surface area is 144 Å². The number of benzene rings is 2. The maximum atomic E-state index is 12.4. The van der Waals surface area contributed by atoms with Gasteiger partial charge in [0.15, 0.2) is 0 Å². The molecule has 8 nitrogen and oxygen atoms in total. The fourth-order valence-electron chi connectivity index (χ4n) is 2.47. The Morgan fingerprint density at radius 2 is 1.92 bits per heavy atom. The summed E-state index contributed by atoms with van der Waals surface area (Å²) in [4.78, 5) is 12.4. The number of carbonyl (C=O) groups is 1. The highest BCUT2D eigenvalue weighted by molar-refractivity contribution is 7.88. The molecule has 0 saturated carbocycles. The van der Waals surface area contributed by atoms with E-state index in [1.54, 1.807) is 41.1 Å². The highest BCUT2D eigenvalue weighted by atomic mass is 32.2. The molecular weight excluding hydrogens is 342 g/mol. The zero-order valence-corrected chi connectivity index (χ0v) is 14.3. The van der Waals surface area contributed by atoms with Crippen molar-refractivity contribution in [2.75, 3.05) is 5.32 Å². The standard InChI is InChI=1S/C16H17N5O3S/c1-2-21-15-8-5-12(9-14(15)19-20-21)16(22)18-13-6-3-11(4-7-13)10-25(17,23)24/h3-9H,2,10H2,1H3,(H,18,22)(H2,17,23,24). The smallest absolute Gasteiger partial charge is 0.255 e. The number of nitrogens with one attached hydrogen (secondary N) is 1. The van der Waals surface area contributed by atoms with Gasteiger partial charge >= 0.3 is 0 Å². The summed E-state index contributed by atoms with van der Waals surface area (Å²) in [7, 11) is -3.58. The van der Waals surface area contributed by atoms with Crippen molar-refractivity contribution >= 4 is 32.7 Å². The summed E-state index contributed by atoms with van der Waals surface area (Å²) in [5, 5.41) is 15.8. The lowest BCUT2D eigenvalue weighted by Gasteiger charge is -2.07. The van der Waals surface area contributed by atoms with E-state index in [0.717, 1.165) is 5.52 Å². The predicted octanol–water partition coefficient (Wildman–Crippen LogP) is 1.49. The molecule has 3 N–H and O–H groups in total. The molecule has 0 aliphatic heterocycles. The first-order chi connectivity index (χ1) is 11.9. The number of fused-ring (bicyclic) bond motifs is 1. The van der Waals surface area contributed by atoms with Gasteiger partial charge in [0.05, 0.1) is 11.3 Å². The van der Waals surface area contributed by atoms with Gasteiger partial charge in [-0.25, -0.2) is 18.2 Å². The van der Waals surface area contributed by atoms with Crippen LogP contribution in [0.25, 0.3) is 11.0 Å². The third-order valence-electron chi connectivity index (χ3n) is 3.66. The quantitative estimate of drug-likeness (QED) is 0.715. The summed E-state index contributed by atoms with van der Waals surface area (Å²) in [5.74, 6) is -0.530. The molecule has 0 bridgehead atoms. The Kier molecular flexibility index (Phi) is 4.51. The van der Waals surface area contributed by atoms with Gasteiger partial charge in [0.25, 0.3) is 5.91 Å². The Balaban J connectivity index is 1.75. The molecule has 0 atom stereocenters. The van der Waals surface area contributed by atoms with Gasteiger partial charge in [-0.15, -0.1) is 5.10 Å². The minimum atomic E-state index is -3.58. The number of hydrogen-bond donors (Lipinski definition) is 2. The summed E-state index contributed by atoms with van der Waals surface area (Å²) >= 11 is 0. The SMILES string of the molecule is CCn1nnc2cc(C(=O)Nc3ccc(CS(N)(=O)=O)cc3)ccc21. The number of sulfonamides is 1. The van der Waals surface area contributed by atoms with Crippen molar-refractivity contribution < 1.29 is 13.2 Å². The van der Waals surface area contributed by atoms with Gasteiger partial charge in [-0.2, -0.15) is 0 Å². The molecule has 0 unspecified atom stereocenters. The van der Waals surface area contributed by atoms with Crippen LogP contribution in [0.5, 0.6) is 0 Å².